The third-order valence-corrected chi connectivity index (χ3v) is 3.17. The Bertz CT molecular complexity index is 595. The molecule has 0 bridgehead atoms. The van der Waals surface area contributed by atoms with E-state index in [0.29, 0.717) is 6.61 Å². The number of hydrogen-bond acceptors (Lipinski definition) is 2. The van der Waals surface area contributed by atoms with Crippen LogP contribution in [0.2, 0.25) is 0 Å². The van der Waals surface area contributed by atoms with Crippen molar-refractivity contribution in [1.82, 2.24) is 0 Å². The van der Waals surface area contributed by atoms with Crippen molar-refractivity contribution in [1.29, 1.82) is 0 Å². The molecule has 3 heteroatoms. The van der Waals surface area contributed by atoms with Crippen LogP contribution >= 0.6 is 12.4 Å². The van der Waals surface area contributed by atoms with Gasteiger partial charge in [0.15, 0.2) is 0 Å². The highest BCUT2D eigenvalue weighted by Gasteiger charge is 2.15. The van der Waals surface area contributed by atoms with Crippen molar-refractivity contribution in [3.05, 3.63) is 54.1 Å². The molecule has 0 aliphatic heterocycles. The van der Waals surface area contributed by atoms with Gasteiger partial charge in [-0.3, -0.25) is 0 Å². The van der Waals surface area contributed by atoms with Crippen LogP contribution < -0.4 is 10.5 Å². The van der Waals surface area contributed by atoms with Gasteiger partial charge in [-0.25, -0.2) is 0 Å². The van der Waals surface area contributed by atoms with Gasteiger partial charge in [0.1, 0.15) is 5.75 Å². The molecule has 108 valence electrons. The van der Waals surface area contributed by atoms with Gasteiger partial charge >= 0.3 is 0 Å². The second-order valence-electron chi connectivity index (χ2n) is 4.90. The molecular weight excluding hydrogens is 270 g/mol. The molecule has 2 rings (SSSR count). The van der Waals surface area contributed by atoms with E-state index in [2.05, 4.69) is 24.8 Å². The molecule has 2 nitrogen and oxygen atoms in total. The Balaban J connectivity index is 0.00000200. The lowest BCUT2D eigenvalue weighted by Crippen LogP contribution is -2.13. The van der Waals surface area contributed by atoms with Crippen LogP contribution in [0.3, 0.4) is 0 Å². The SMILES string of the molecule is C=C(C)C[C@H](N)c1c(OCC)ccc2ccccc12.Cl. The summed E-state index contributed by atoms with van der Waals surface area (Å²) in [5.41, 5.74) is 8.52. The van der Waals surface area contributed by atoms with Crippen molar-refractivity contribution in [3.63, 3.8) is 0 Å². The molecule has 2 N–H and O–H groups in total. The van der Waals surface area contributed by atoms with Gasteiger partial charge in [-0.05, 0) is 37.1 Å². The minimum Gasteiger partial charge on any atom is -0.494 e. The average Bonchev–Trinajstić information content (AvgIpc) is 2.37. The third-order valence-electron chi connectivity index (χ3n) is 3.17. The molecule has 0 saturated carbocycles. The molecule has 0 radical (unpaired) electrons. The lowest BCUT2D eigenvalue weighted by molar-refractivity contribution is 0.335. The van der Waals surface area contributed by atoms with E-state index in [1.807, 2.05) is 32.0 Å². The van der Waals surface area contributed by atoms with Crippen molar-refractivity contribution < 1.29 is 4.74 Å². The van der Waals surface area contributed by atoms with Crippen molar-refractivity contribution in [2.75, 3.05) is 6.61 Å². The molecule has 2 aromatic rings. The van der Waals surface area contributed by atoms with E-state index in [0.717, 1.165) is 23.3 Å². The lowest BCUT2D eigenvalue weighted by atomic mass is 9.94. The largest absolute Gasteiger partial charge is 0.494 e. The smallest absolute Gasteiger partial charge is 0.124 e. The van der Waals surface area contributed by atoms with E-state index in [1.54, 1.807) is 0 Å². The summed E-state index contributed by atoms with van der Waals surface area (Å²) in [6.07, 6.45) is 0.772. The van der Waals surface area contributed by atoms with Crippen molar-refractivity contribution in [2.45, 2.75) is 26.3 Å². The number of nitrogens with two attached hydrogens (primary N) is 1. The minimum absolute atomic E-state index is 0. The number of halogens is 1. The second-order valence-corrected chi connectivity index (χ2v) is 4.90. The zero-order valence-corrected chi connectivity index (χ0v) is 12.9. The molecule has 0 saturated heterocycles. The van der Waals surface area contributed by atoms with E-state index < -0.39 is 0 Å². The van der Waals surface area contributed by atoms with E-state index in [-0.39, 0.29) is 18.4 Å². The molecule has 0 aromatic heterocycles. The fraction of sp³-hybridized carbons (Fsp3) is 0.294. The zero-order valence-electron chi connectivity index (χ0n) is 12.1. The van der Waals surface area contributed by atoms with Gasteiger partial charge in [0, 0.05) is 11.6 Å². The van der Waals surface area contributed by atoms with Gasteiger partial charge in [-0.2, -0.15) is 0 Å². The van der Waals surface area contributed by atoms with Crippen LogP contribution in [0.1, 0.15) is 31.9 Å². The van der Waals surface area contributed by atoms with Gasteiger partial charge in [-0.15, -0.1) is 19.0 Å². The van der Waals surface area contributed by atoms with Gasteiger partial charge in [-0.1, -0.05) is 35.9 Å². The van der Waals surface area contributed by atoms with E-state index in [4.69, 9.17) is 10.5 Å². The molecule has 0 spiro atoms. The Morgan fingerprint density at radius 3 is 2.60 bits per heavy atom. The molecule has 20 heavy (non-hydrogen) atoms. The Labute approximate surface area is 127 Å². The van der Waals surface area contributed by atoms with Gasteiger partial charge < -0.3 is 10.5 Å². The Hall–Kier alpha value is -1.51. The normalized spacial score (nSPS) is 11.8. The average molecular weight is 292 g/mol. The Kier molecular flexibility index (Phi) is 6.05. The fourth-order valence-corrected chi connectivity index (χ4v) is 2.42. The predicted octanol–water partition coefficient (Wildman–Crippen LogP) is 4.63. The Morgan fingerprint density at radius 1 is 1.25 bits per heavy atom. The summed E-state index contributed by atoms with van der Waals surface area (Å²) in [6, 6.07) is 12.3. The predicted molar refractivity (Wildman–Crippen MR) is 88.7 cm³/mol. The van der Waals surface area contributed by atoms with Crippen molar-refractivity contribution in [2.24, 2.45) is 5.73 Å². The maximum Gasteiger partial charge on any atom is 0.124 e. The van der Waals surface area contributed by atoms with E-state index in [1.165, 1.54) is 10.8 Å². The number of fused-ring (bicyclic) bond motifs is 1. The molecule has 0 fully saturated rings. The Morgan fingerprint density at radius 2 is 1.95 bits per heavy atom. The van der Waals surface area contributed by atoms with Crippen LogP contribution in [0.5, 0.6) is 5.75 Å². The standard InChI is InChI=1S/C17H21NO.ClH/c1-4-19-16-10-9-13-7-5-6-8-14(13)17(16)15(18)11-12(2)3;/h5-10,15H,2,4,11,18H2,1,3H3;1H/t15-;/m0./s1. The van der Waals surface area contributed by atoms with Crippen LogP contribution in [0, 0.1) is 0 Å². The van der Waals surface area contributed by atoms with Gasteiger partial charge in [0.05, 0.1) is 6.61 Å². The summed E-state index contributed by atoms with van der Waals surface area (Å²) in [4.78, 5) is 0. The first-order valence-electron chi connectivity index (χ1n) is 6.68. The first-order valence-corrected chi connectivity index (χ1v) is 6.68. The fourth-order valence-electron chi connectivity index (χ4n) is 2.42. The van der Waals surface area contributed by atoms with Crippen LogP contribution in [0.25, 0.3) is 10.8 Å². The lowest BCUT2D eigenvalue weighted by Gasteiger charge is -2.19. The molecule has 2 aromatic carbocycles. The van der Waals surface area contributed by atoms with Crippen LogP contribution in [0.15, 0.2) is 48.6 Å². The van der Waals surface area contributed by atoms with Crippen molar-refractivity contribution >= 4 is 23.2 Å². The molecule has 0 unspecified atom stereocenters. The first kappa shape index (κ1) is 16.5. The molecule has 0 amide bonds. The monoisotopic (exact) mass is 291 g/mol. The maximum absolute atomic E-state index is 6.35. The van der Waals surface area contributed by atoms with E-state index >= 15 is 0 Å². The minimum atomic E-state index is -0.0786. The quantitative estimate of drug-likeness (QED) is 0.815. The summed E-state index contributed by atoms with van der Waals surface area (Å²) < 4.78 is 5.74. The highest BCUT2D eigenvalue weighted by atomic mass is 35.5. The topological polar surface area (TPSA) is 35.2 Å². The molecule has 0 aliphatic rings. The summed E-state index contributed by atoms with van der Waals surface area (Å²) >= 11 is 0. The van der Waals surface area contributed by atoms with Crippen LogP contribution in [0.4, 0.5) is 0 Å². The zero-order chi connectivity index (χ0) is 13.8. The van der Waals surface area contributed by atoms with Crippen molar-refractivity contribution in [3.8, 4) is 5.75 Å². The first-order chi connectivity index (χ1) is 9.13. The molecule has 0 heterocycles. The van der Waals surface area contributed by atoms with Gasteiger partial charge in [0.2, 0.25) is 0 Å². The van der Waals surface area contributed by atoms with E-state index in [9.17, 15) is 0 Å². The number of rotatable bonds is 5. The van der Waals surface area contributed by atoms with Crippen LogP contribution in [-0.2, 0) is 0 Å². The summed E-state index contributed by atoms with van der Waals surface area (Å²) in [5.74, 6) is 0.884. The number of hydrogen-bond donors (Lipinski definition) is 1. The third kappa shape index (κ3) is 3.53. The molecular formula is C17H22ClNO. The number of benzene rings is 2. The highest BCUT2D eigenvalue weighted by Crippen LogP contribution is 2.34. The second kappa shape index (κ2) is 7.32. The van der Waals surface area contributed by atoms with Crippen LogP contribution in [-0.4, -0.2) is 6.61 Å². The van der Waals surface area contributed by atoms with Gasteiger partial charge in [0.25, 0.3) is 0 Å². The number of ether oxygens (including phenoxy) is 1. The maximum atomic E-state index is 6.35. The highest BCUT2D eigenvalue weighted by molar-refractivity contribution is 5.88. The molecule has 0 aliphatic carbocycles. The summed E-state index contributed by atoms with van der Waals surface area (Å²) in [6.45, 7) is 8.59. The summed E-state index contributed by atoms with van der Waals surface area (Å²) in [7, 11) is 0. The molecule has 1 atom stereocenters. The summed E-state index contributed by atoms with van der Waals surface area (Å²) in [5, 5.41) is 2.36.